The Kier molecular flexibility index (Phi) is 4.11. The molecule has 1 aliphatic rings. The molecular weight excluding hydrogens is 206 g/mol. The van der Waals surface area contributed by atoms with Gasteiger partial charge in [-0.3, -0.25) is 0 Å². The van der Waals surface area contributed by atoms with Crippen LogP contribution < -0.4 is 10.6 Å². The number of nitrogens with zero attached hydrogens (tertiary/aromatic N) is 1. The Morgan fingerprint density at radius 3 is 3.33 bits per heavy atom. The van der Waals surface area contributed by atoms with Crippen molar-refractivity contribution in [1.29, 1.82) is 0 Å². The summed E-state index contributed by atoms with van der Waals surface area (Å²) < 4.78 is 0. The predicted octanol–water partition coefficient (Wildman–Crippen LogP) is 1.79. The van der Waals surface area contributed by atoms with Gasteiger partial charge < -0.3 is 10.6 Å². The summed E-state index contributed by atoms with van der Waals surface area (Å²) in [5.41, 5.74) is 0. The second kappa shape index (κ2) is 5.58. The highest BCUT2D eigenvalue weighted by molar-refractivity contribution is 7.09. The van der Waals surface area contributed by atoms with Gasteiger partial charge in [0.1, 0.15) is 5.01 Å². The molecule has 4 heteroatoms. The average Bonchev–Trinajstić information content (AvgIpc) is 2.81. The third-order valence-electron chi connectivity index (χ3n) is 2.93. The van der Waals surface area contributed by atoms with Gasteiger partial charge in [-0.2, -0.15) is 0 Å². The number of piperidine rings is 1. The molecule has 1 saturated heterocycles. The van der Waals surface area contributed by atoms with Crippen molar-refractivity contribution in [3.05, 3.63) is 16.6 Å². The smallest absolute Gasteiger partial charge is 0.109 e. The summed E-state index contributed by atoms with van der Waals surface area (Å²) in [6, 6.07) is 0.395. The summed E-state index contributed by atoms with van der Waals surface area (Å²) in [5, 5.41) is 10.2. The number of hydrogen-bond donors (Lipinski definition) is 2. The summed E-state index contributed by atoms with van der Waals surface area (Å²) in [7, 11) is 0. The Morgan fingerprint density at radius 1 is 1.73 bits per heavy atom. The predicted molar refractivity (Wildman–Crippen MR) is 64.1 cm³/mol. The summed E-state index contributed by atoms with van der Waals surface area (Å²) >= 11 is 1.73. The van der Waals surface area contributed by atoms with Crippen molar-refractivity contribution in [2.24, 2.45) is 5.92 Å². The van der Waals surface area contributed by atoms with Gasteiger partial charge in [0.2, 0.25) is 0 Å². The van der Waals surface area contributed by atoms with Gasteiger partial charge in [-0.1, -0.05) is 0 Å². The van der Waals surface area contributed by atoms with Gasteiger partial charge in [-0.25, -0.2) is 4.98 Å². The van der Waals surface area contributed by atoms with Crippen LogP contribution in [0.1, 0.15) is 30.8 Å². The SMILES string of the molecule is CC(NCC1CCCNC1)c1nccs1. The Bertz CT molecular complexity index is 267. The number of nitrogens with one attached hydrogen (secondary N) is 2. The Morgan fingerprint density at radius 2 is 2.67 bits per heavy atom. The highest BCUT2D eigenvalue weighted by atomic mass is 32.1. The maximum atomic E-state index is 4.32. The van der Waals surface area contributed by atoms with Crippen molar-refractivity contribution in [2.75, 3.05) is 19.6 Å². The molecule has 2 unspecified atom stereocenters. The Hall–Kier alpha value is -0.450. The van der Waals surface area contributed by atoms with E-state index in [-0.39, 0.29) is 0 Å². The maximum absolute atomic E-state index is 4.32. The lowest BCUT2D eigenvalue weighted by Gasteiger charge is -2.24. The van der Waals surface area contributed by atoms with Crippen molar-refractivity contribution < 1.29 is 0 Å². The number of thiazole rings is 1. The molecule has 0 amide bonds. The molecule has 2 atom stereocenters. The molecule has 2 rings (SSSR count). The second-order valence-electron chi connectivity index (χ2n) is 4.21. The zero-order valence-electron chi connectivity index (χ0n) is 9.20. The van der Waals surface area contributed by atoms with E-state index in [4.69, 9.17) is 0 Å². The topological polar surface area (TPSA) is 37.0 Å². The minimum Gasteiger partial charge on any atom is -0.316 e. The van der Waals surface area contributed by atoms with Crippen molar-refractivity contribution in [1.82, 2.24) is 15.6 Å². The van der Waals surface area contributed by atoms with E-state index in [2.05, 4.69) is 22.5 Å². The molecule has 15 heavy (non-hydrogen) atoms. The summed E-state index contributed by atoms with van der Waals surface area (Å²) in [6.07, 6.45) is 4.54. The van der Waals surface area contributed by atoms with Gasteiger partial charge in [0.15, 0.2) is 0 Å². The van der Waals surface area contributed by atoms with E-state index in [9.17, 15) is 0 Å². The molecule has 0 bridgehead atoms. The highest BCUT2D eigenvalue weighted by Crippen LogP contribution is 2.16. The third kappa shape index (κ3) is 3.26. The molecule has 2 heterocycles. The van der Waals surface area contributed by atoms with Crippen molar-refractivity contribution in [2.45, 2.75) is 25.8 Å². The lowest BCUT2D eigenvalue weighted by molar-refractivity contribution is 0.348. The molecule has 1 fully saturated rings. The van der Waals surface area contributed by atoms with Crippen LogP contribution in [0.2, 0.25) is 0 Å². The average molecular weight is 225 g/mol. The number of rotatable bonds is 4. The fourth-order valence-electron chi connectivity index (χ4n) is 1.98. The minimum absolute atomic E-state index is 0.395. The fraction of sp³-hybridized carbons (Fsp3) is 0.727. The van der Waals surface area contributed by atoms with E-state index < -0.39 is 0 Å². The van der Waals surface area contributed by atoms with E-state index in [0.717, 1.165) is 19.0 Å². The number of aromatic nitrogens is 1. The molecule has 0 aromatic carbocycles. The summed E-state index contributed by atoms with van der Waals surface area (Å²) in [4.78, 5) is 4.32. The minimum atomic E-state index is 0.395. The van der Waals surface area contributed by atoms with Gasteiger partial charge >= 0.3 is 0 Å². The maximum Gasteiger partial charge on any atom is 0.109 e. The second-order valence-corrected chi connectivity index (χ2v) is 5.14. The molecule has 0 aliphatic carbocycles. The highest BCUT2D eigenvalue weighted by Gasteiger charge is 2.14. The van der Waals surface area contributed by atoms with Crippen LogP contribution in [0.3, 0.4) is 0 Å². The van der Waals surface area contributed by atoms with Crippen LogP contribution in [0.15, 0.2) is 11.6 Å². The van der Waals surface area contributed by atoms with Crippen molar-refractivity contribution in [3.63, 3.8) is 0 Å². The van der Waals surface area contributed by atoms with Crippen LogP contribution in [-0.2, 0) is 0 Å². The molecule has 0 saturated carbocycles. The van der Waals surface area contributed by atoms with Gasteiger partial charge in [0.05, 0.1) is 6.04 Å². The Balaban J connectivity index is 1.73. The van der Waals surface area contributed by atoms with Crippen molar-refractivity contribution in [3.8, 4) is 0 Å². The molecule has 1 aliphatic heterocycles. The number of hydrogen-bond acceptors (Lipinski definition) is 4. The molecule has 3 nitrogen and oxygen atoms in total. The molecular formula is C11H19N3S. The first kappa shape index (κ1) is 11.0. The van der Waals surface area contributed by atoms with Crippen LogP contribution in [0.4, 0.5) is 0 Å². The quantitative estimate of drug-likeness (QED) is 0.820. The molecule has 84 valence electrons. The van der Waals surface area contributed by atoms with Gasteiger partial charge in [-0.15, -0.1) is 11.3 Å². The largest absolute Gasteiger partial charge is 0.316 e. The first-order valence-corrected chi connectivity index (χ1v) is 6.57. The van der Waals surface area contributed by atoms with Crippen LogP contribution in [0, 0.1) is 5.92 Å². The van der Waals surface area contributed by atoms with Gasteiger partial charge in [-0.05, 0) is 45.3 Å². The zero-order chi connectivity index (χ0) is 10.5. The molecule has 1 aromatic rings. The van der Waals surface area contributed by atoms with E-state index in [1.54, 1.807) is 11.3 Å². The van der Waals surface area contributed by atoms with E-state index in [1.807, 2.05) is 11.6 Å². The normalized spacial score (nSPS) is 23.9. The van der Waals surface area contributed by atoms with Crippen LogP contribution in [0.25, 0.3) is 0 Å². The molecule has 0 radical (unpaired) electrons. The third-order valence-corrected chi connectivity index (χ3v) is 3.89. The lowest BCUT2D eigenvalue weighted by Crippen LogP contribution is -2.36. The van der Waals surface area contributed by atoms with E-state index in [1.165, 1.54) is 24.4 Å². The van der Waals surface area contributed by atoms with Gasteiger partial charge in [0.25, 0.3) is 0 Å². The fourth-order valence-corrected chi connectivity index (χ4v) is 2.65. The first-order chi connectivity index (χ1) is 7.36. The first-order valence-electron chi connectivity index (χ1n) is 5.70. The van der Waals surface area contributed by atoms with Crippen LogP contribution in [-0.4, -0.2) is 24.6 Å². The summed E-state index contributed by atoms with van der Waals surface area (Å²) in [5.74, 6) is 0.793. The van der Waals surface area contributed by atoms with E-state index in [0.29, 0.717) is 6.04 Å². The van der Waals surface area contributed by atoms with Gasteiger partial charge in [0, 0.05) is 11.6 Å². The lowest BCUT2D eigenvalue weighted by atomic mass is 9.99. The standard InChI is InChI=1S/C11H19N3S/c1-9(11-13-5-6-15-11)14-8-10-3-2-4-12-7-10/h5-6,9-10,12,14H,2-4,7-8H2,1H3. The summed E-state index contributed by atoms with van der Waals surface area (Å²) in [6.45, 7) is 5.65. The zero-order valence-corrected chi connectivity index (χ0v) is 10.0. The monoisotopic (exact) mass is 225 g/mol. The van der Waals surface area contributed by atoms with E-state index >= 15 is 0 Å². The Labute approximate surface area is 95.3 Å². The molecule has 2 N–H and O–H groups in total. The molecule has 1 aromatic heterocycles. The molecule has 0 spiro atoms. The van der Waals surface area contributed by atoms with Crippen molar-refractivity contribution >= 4 is 11.3 Å². The van der Waals surface area contributed by atoms with Crippen LogP contribution >= 0.6 is 11.3 Å². The van der Waals surface area contributed by atoms with Crippen LogP contribution in [0.5, 0.6) is 0 Å².